The third kappa shape index (κ3) is 1.73. The zero-order valence-electron chi connectivity index (χ0n) is 9.37. The van der Waals surface area contributed by atoms with E-state index in [4.69, 9.17) is 4.42 Å². The summed E-state index contributed by atoms with van der Waals surface area (Å²) in [6.07, 6.45) is 1.70. The first-order valence-electron chi connectivity index (χ1n) is 5.47. The van der Waals surface area contributed by atoms with Crippen LogP contribution in [0.5, 0.6) is 0 Å². The number of nitro groups is 1. The summed E-state index contributed by atoms with van der Waals surface area (Å²) in [6, 6.07) is 15.2. The Morgan fingerprint density at radius 1 is 0.944 bits per heavy atom. The van der Waals surface area contributed by atoms with E-state index >= 15 is 0 Å². The van der Waals surface area contributed by atoms with Crippen molar-refractivity contribution in [2.45, 2.75) is 0 Å². The van der Waals surface area contributed by atoms with Gasteiger partial charge in [0.1, 0.15) is 5.58 Å². The SMILES string of the molecule is O=[N+]([O-])c1c2cccc1-2.c1ccc2occc2c1. The first-order chi connectivity index (χ1) is 8.77. The van der Waals surface area contributed by atoms with Crippen molar-refractivity contribution >= 4 is 16.7 Å². The molecule has 0 fully saturated rings. The first-order valence-corrected chi connectivity index (χ1v) is 5.47. The van der Waals surface area contributed by atoms with Gasteiger partial charge in [0.25, 0.3) is 5.69 Å². The van der Waals surface area contributed by atoms with E-state index in [0.717, 1.165) is 22.1 Å². The molecule has 0 unspecified atom stereocenters. The van der Waals surface area contributed by atoms with Crippen molar-refractivity contribution in [1.82, 2.24) is 0 Å². The van der Waals surface area contributed by atoms with Crippen molar-refractivity contribution in [1.29, 1.82) is 0 Å². The zero-order chi connectivity index (χ0) is 12.5. The third-order valence-corrected chi connectivity index (χ3v) is 2.81. The van der Waals surface area contributed by atoms with Gasteiger partial charge in [0.05, 0.1) is 22.3 Å². The maximum absolute atomic E-state index is 10.0. The number of hydrogen-bond acceptors (Lipinski definition) is 3. The van der Waals surface area contributed by atoms with Gasteiger partial charge in [0.15, 0.2) is 0 Å². The molecule has 0 aliphatic heterocycles. The van der Waals surface area contributed by atoms with Crippen LogP contribution in [0, 0.1) is 10.1 Å². The summed E-state index contributed by atoms with van der Waals surface area (Å²) < 4.78 is 5.12. The van der Waals surface area contributed by atoms with Crippen molar-refractivity contribution < 1.29 is 9.34 Å². The number of fused-ring (bicyclic) bond motifs is 2. The van der Waals surface area contributed by atoms with Crippen LogP contribution in [0.15, 0.2) is 59.2 Å². The fraction of sp³-hybridized carbons (Fsp3) is 0. The minimum atomic E-state index is -0.343. The van der Waals surface area contributed by atoms with Gasteiger partial charge < -0.3 is 4.42 Å². The van der Waals surface area contributed by atoms with Crippen molar-refractivity contribution in [3.05, 3.63) is 64.9 Å². The van der Waals surface area contributed by atoms with E-state index in [9.17, 15) is 10.1 Å². The molecule has 0 N–H and O–H groups in total. The monoisotopic (exact) mass is 239 g/mol. The Morgan fingerprint density at radius 3 is 2.28 bits per heavy atom. The molecule has 2 aromatic rings. The lowest BCUT2D eigenvalue weighted by Gasteiger charge is -1.81. The summed E-state index contributed by atoms with van der Waals surface area (Å²) in [4.78, 5) is 9.71. The molecular formula is C14H9NO3. The van der Waals surface area contributed by atoms with Crippen molar-refractivity contribution in [3.8, 4) is 11.1 Å². The fourth-order valence-electron chi connectivity index (χ4n) is 1.89. The number of hydrogen-bond donors (Lipinski definition) is 0. The summed E-state index contributed by atoms with van der Waals surface area (Å²) in [6.45, 7) is 0. The van der Waals surface area contributed by atoms with Gasteiger partial charge in [-0.25, -0.2) is 0 Å². The van der Waals surface area contributed by atoms with Gasteiger partial charge in [0.2, 0.25) is 0 Å². The van der Waals surface area contributed by atoms with Crippen LogP contribution < -0.4 is 0 Å². The zero-order valence-corrected chi connectivity index (χ0v) is 9.37. The van der Waals surface area contributed by atoms with Gasteiger partial charge in [-0.3, -0.25) is 10.1 Å². The van der Waals surface area contributed by atoms with Crippen LogP contribution in [0.3, 0.4) is 0 Å². The highest BCUT2D eigenvalue weighted by molar-refractivity contribution is 5.99. The van der Waals surface area contributed by atoms with Gasteiger partial charge in [-0.1, -0.05) is 24.3 Å². The molecule has 2 aliphatic carbocycles. The molecule has 88 valence electrons. The Morgan fingerprint density at radius 2 is 1.67 bits per heavy atom. The minimum Gasteiger partial charge on any atom is -0.464 e. The third-order valence-electron chi connectivity index (χ3n) is 2.81. The molecule has 0 amide bonds. The van der Waals surface area contributed by atoms with Crippen LogP contribution in [0.1, 0.15) is 0 Å². The minimum absolute atomic E-state index is 0.303. The molecule has 1 heterocycles. The Bertz CT molecular complexity index is 680. The Kier molecular flexibility index (Phi) is 2.34. The van der Waals surface area contributed by atoms with Gasteiger partial charge in [-0.2, -0.15) is 0 Å². The predicted molar refractivity (Wildman–Crippen MR) is 68.3 cm³/mol. The highest BCUT2D eigenvalue weighted by atomic mass is 16.6. The number of nitrogens with zero attached hydrogens (tertiary/aromatic N) is 1. The number of benzene rings is 2. The molecule has 4 nitrogen and oxygen atoms in total. The summed E-state index contributed by atoms with van der Waals surface area (Å²) in [5, 5.41) is 11.2. The highest BCUT2D eigenvalue weighted by Gasteiger charge is 2.34. The second-order valence-electron chi connectivity index (χ2n) is 3.92. The number of furan rings is 1. The smallest absolute Gasteiger partial charge is 0.285 e. The summed E-state index contributed by atoms with van der Waals surface area (Å²) in [7, 11) is 0. The molecule has 1 aromatic heterocycles. The second kappa shape index (κ2) is 4.00. The van der Waals surface area contributed by atoms with Crippen LogP contribution >= 0.6 is 0 Å². The van der Waals surface area contributed by atoms with Crippen molar-refractivity contribution in [2.75, 3.05) is 0 Å². The molecular weight excluding hydrogens is 230 g/mol. The largest absolute Gasteiger partial charge is 0.464 e. The van der Waals surface area contributed by atoms with Crippen LogP contribution in [-0.4, -0.2) is 4.92 Å². The average molecular weight is 239 g/mol. The fourth-order valence-corrected chi connectivity index (χ4v) is 1.89. The van der Waals surface area contributed by atoms with E-state index in [-0.39, 0.29) is 4.92 Å². The molecule has 0 saturated heterocycles. The lowest BCUT2D eigenvalue weighted by molar-refractivity contribution is -0.379. The predicted octanol–water partition coefficient (Wildman–Crippen LogP) is 4.01. The molecule has 4 rings (SSSR count). The molecule has 2 aliphatic rings. The van der Waals surface area contributed by atoms with Crippen molar-refractivity contribution in [2.24, 2.45) is 0 Å². The van der Waals surface area contributed by atoms with E-state index in [1.165, 1.54) is 0 Å². The van der Waals surface area contributed by atoms with Gasteiger partial charge >= 0.3 is 0 Å². The standard InChI is InChI=1S/C8H6O.C6H3NO2/c1-2-4-8-7(3-1)5-6-9-8;8-7(9)6-4-2-1-3-5(4)6/h1-6H;1-3H. The summed E-state index contributed by atoms with van der Waals surface area (Å²) >= 11 is 0. The van der Waals surface area contributed by atoms with Crippen LogP contribution in [0.4, 0.5) is 5.69 Å². The lowest BCUT2D eigenvalue weighted by atomic mass is 10.3. The van der Waals surface area contributed by atoms with E-state index < -0.39 is 0 Å². The lowest BCUT2D eigenvalue weighted by Crippen LogP contribution is -1.76. The van der Waals surface area contributed by atoms with Gasteiger partial charge in [-0.15, -0.1) is 0 Å². The Balaban J connectivity index is 0.000000111. The Labute approximate surface area is 103 Å². The molecule has 0 radical (unpaired) electrons. The topological polar surface area (TPSA) is 56.3 Å². The van der Waals surface area contributed by atoms with E-state index in [1.54, 1.807) is 18.4 Å². The maximum Gasteiger partial charge on any atom is 0.285 e. The Hall–Kier alpha value is -2.62. The second-order valence-corrected chi connectivity index (χ2v) is 3.92. The highest BCUT2D eigenvalue weighted by Crippen LogP contribution is 2.50. The first kappa shape index (κ1) is 10.5. The van der Waals surface area contributed by atoms with E-state index in [1.807, 2.05) is 36.4 Å². The van der Waals surface area contributed by atoms with Crippen LogP contribution in [0.2, 0.25) is 0 Å². The van der Waals surface area contributed by atoms with E-state index in [2.05, 4.69) is 0 Å². The molecule has 18 heavy (non-hydrogen) atoms. The summed E-state index contributed by atoms with van der Waals surface area (Å²) in [5.74, 6) is 0. The molecule has 0 bridgehead atoms. The van der Waals surface area contributed by atoms with Crippen LogP contribution in [0.25, 0.3) is 22.1 Å². The summed E-state index contributed by atoms with van der Waals surface area (Å²) in [5.41, 5.74) is 2.87. The maximum atomic E-state index is 10.0. The molecule has 0 saturated carbocycles. The normalized spacial score (nSPS) is 10.7. The van der Waals surface area contributed by atoms with Gasteiger partial charge in [0, 0.05) is 5.39 Å². The van der Waals surface area contributed by atoms with Crippen LogP contribution in [-0.2, 0) is 0 Å². The quantitative estimate of drug-likeness (QED) is 0.372. The molecule has 1 aromatic carbocycles. The average Bonchev–Trinajstić information content (AvgIpc) is 2.79. The van der Waals surface area contributed by atoms with Crippen molar-refractivity contribution in [3.63, 3.8) is 0 Å². The molecule has 0 spiro atoms. The molecule has 4 heteroatoms. The number of rotatable bonds is 1. The number of nitro benzene ring substituents is 1. The van der Waals surface area contributed by atoms with E-state index in [0.29, 0.717) is 5.69 Å². The molecule has 0 atom stereocenters. The number of para-hydroxylation sites is 2. The van der Waals surface area contributed by atoms with Gasteiger partial charge in [-0.05, 0) is 24.3 Å².